The maximum Gasteiger partial charge on any atom is 0.255 e. The van der Waals surface area contributed by atoms with E-state index in [1.165, 1.54) is 25.5 Å². The molecule has 0 heterocycles. The van der Waals surface area contributed by atoms with Gasteiger partial charge in [-0.25, -0.2) is 13.8 Å². The summed E-state index contributed by atoms with van der Waals surface area (Å²) in [6.07, 6.45) is 1.35. The Kier molecular flexibility index (Phi) is 9.20. The molecule has 1 amide bonds. The van der Waals surface area contributed by atoms with Gasteiger partial charge in [0.05, 0.1) is 34.8 Å². The zero-order valence-electron chi connectivity index (χ0n) is 20.7. The average Bonchev–Trinajstić information content (AvgIpc) is 2.81. The molecule has 0 saturated heterocycles. The number of nitrogens with zero attached hydrogens (tertiary/aromatic N) is 2. The molecule has 0 aliphatic carbocycles. The fourth-order valence-electron chi connectivity index (χ4n) is 3.92. The van der Waals surface area contributed by atoms with Gasteiger partial charge in [0.1, 0.15) is 0 Å². The highest BCUT2D eigenvalue weighted by molar-refractivity contribution is 7.89. The number of hydrogen-bond donors (Lipinski definition) is 2. The Morgan fingerprint density at radius 1 is 1.05 bits per heavy atom. The first-order chi connectivity index (χ1) is 17.4. The molecule has 8 nitrogen and oxygen atoms in total. The second kappa shape index (κ2) is 12.0. The summed E-state index contributed by atoms with van der Waals surface area (Å²) in [4.78, 5) is 12.9. The van der Waals surface area contributed by atoms with E-state index in [2.05, 4.69) is 10.5 Å². The minimum absolute atomic E-state index is 0.0338. The molecule has 0 aromatic heterocycles. The van der Waals surface area contributed by atoms with Crippen molar-refractivity contribution in [3.8, 4) is 11.5 Å². The Balaban J connectivity index is 1.89. The maximum atomic E-state index is 13.8. The molecule has 3 rings (SSSR count). The van der Waals surface area contributed by atoms with Crippen molar-refractivity contribution in [1.29, 1.82) is 0 Å². The summed E-state index contributed by atoms with van der Waals surface area (Å²) < 4.78 is 33.7. The number of methoxy groups -OCH3 is 1. The van der Waals surface area contributed by atoms with Gasteiger partial charge in [0.2, 0.25) is 10.0 Å². The predicted octanol–water partition coefficient (Wildman–Crippen LogP) is 4.97. The first-order valence-electron chi connectivity index (χ1n) is 11.1. The van der Waals surface area contributed by atoms with Crippen LogP contribution in [0.25, 0.3) is 0 Å². The van der Waals surface area contributed by atoms with Crippen molar-refractivity contribution < 1.29 is 23.1 Å². The summed E-state index contributed by atoms with van der Waals surface area (Å²) in [6, 6.07) is 12.9. The number of rotatable bonds is 9. The van der Waals surface area contributed by atoms with Crippen LogP contribution in [0.4, 0.5) is 0 Å². The Bertz CT molecular complexity index is 1440. The predicted molar refractivity (Wildman–Crippen MR) is 145 cm³/mol. The Morgan fingerprint density at radius 2 is 1.73 bits per heavy atom. The standard InChI is InChI=1S/C26H27Cl2N3O5S/c1-16-9-17(2)26(18(3)10-16)37(34,35)31(14-20-5-7-21(27)22(28)11-20)15-25(33)30-29-13-19-6-8-23(32)24(12-19)36-4/h5-13,32H,14-15H2,1-4H3,(H,30,33)/b29-13+. The number of halogens is 2. The molecule has 0 unspecified atom stereocenters. The molecule has 0 atom stereocenters. The van der Waals surface area contributed by atoms with E-state index in [-0.39, 0.29) is 28.0 Å². The lowest BCUT2D eigenvalue weighted by molar-refractivity contribution is -0.121. The fraction of sp³-hybridized carbons (Fsp3) is 0.231. The third kappa shape index (κ3) is 7.01. The van der Waals surface area contributed by atoms with E-state index in [4.69, 9.17) is 27.9 Å². The number of aromatic hydroxyl groups is 1. The molecular formula is C26H27Cl2N3O5S. The summed E-state index contributed by atoms with van der Waals surface area (Å²) >= 11 is 12.2. The normalized spacial score (nSPS) is 11.8. The van der Waals surface area contributed by atoms with Gasteiger partial charge in [0.15, 0.2) is 11.5 Å². The number of hydrazone groups is 1. The number of carbonyl (C=O) groups is 1. The molecule has 0 spiro atoms. The van der Waals surface area contributed by atoms with Gasteiger partial charge in [-0.2, -0.15) is 9.41 Å². The maximum absolute atomic E-state index is 13.8. The van der Waals surface area contributed by atoms with Crippen LogP contribution in [0.5, 0.6) is 11.5 Å². The number of nitrogens with one attached hydrogen (secondary N) is 1. The van der Waals surface area contributed by atoms with E-state index < -0.39 is 22.5 Å². The van der Waals surface area contributed by atoms with Gasteiger partial charge in [-0.1, -0.05) is 47.0 Å². The zero-order chi connectivity index (χ0) is 27.3. The molecule has 0 saturated carbocycles. The van der Waals surface area contributed by atoms with Crippen LogP contribution in [0.1, 0.15) is 27.8 Å². The number of amides is 1. The summed E-state index contributed by atoms with van der Waals surface area (Å²) in [5.41, 5.74) is 5.57. The number of benzene rings is 3. The highest BCUT2D eigenvalue weighted by atomic mass is 35.5. The van der Waals surface area contributed by atoms with Crippen LogP contribution in [0.2, 0.25) is 10.0 Å². The molecular weight excluding hydrogens is 537 g/mol. The third-order valence-corrected chi connectivity index (χ3v) is 8.31. The second-order valence-corrected chi connectivity index (χ2v) is 11.2. The molecule has 0 fully saturated rings. The summed E-state index contributed by atoms with van der Waals surface area (Å²) in [7, 11) is -2.67. The number of hydrogen-bond acceptors (Lipinski definition) is 6. The molecule has 0 aliphatic heterocycles. The van der Waals surface area contributed by atoms with E-state index in [1.54, 1.807) is 50.2 Å². The van der Waals surface area contributed by atoms with E-state index in [9.17, 15) is 18.3 Å². The first-order valence-corrected chi connectivity index (χ1v) is 13.3. The van der Waals surface area contributed by atoms with Crippen molar-refractivity contribution in [2.45, 2.75) is 32.2 Å². The summed E-state index contributed by atoms with van der Waals surface area (Å²) in [6.45, 7) is 4.73. The van der Waals surface area contributed by atoms with Crippen LogP contribution in [0, 0.1) is 20.8 Å². The van der Waals surface area contributed by atoms with Crippen molar-refractivity contribution in [3.05, 3.63) is 86.4 Å². The van der Waals surface area contributed by atoms with Gasteiger partial charge in [0.25, 0.3) is 5.91 Å². The van der Waals surface area contributed by atoms with Gasteiger partial charge < -0.3 is 9.84 Å². The number of sulfonamides is 1. The van der Waals surface area contributed by atoms with Crippen LogP contribution in [0.3, 0.4) is 0 Å². The van der Waals surface area contributed by atoms with E-state index in [0.29, 0.717) is 27.3 Å². The minimum Gasteiger partial charge on any atom is -0.504 e. The molecule has 3 aromatic rings. The highest BCUT2D eigenvalue weighted by Gasteiger charge is 2.30. The number of aryl methyl sites for hydroxylation is 3. The van der Waals surface area contributed by atoms with Gasteiger partial charge in [-0.3, -0.25) is 4.79 Å². The summed E-state index contributed by atoms with van der Waals surface area (Å²) in [5, 5.41) is 14.2. The smallest absolute Gasteiger partial charge is 0.255 e. The fourth-order valence-corrected chi connectivity index (χ4v) is 6.04. The monoisotopic (exact) mass is 563 g/mol. The van der Waals surface area contributed by atoms with Crippen molar-refractivity contribution in [2.75, 3.05) is 13.7 Å². The number of ether oxygens (including phenoxy) is 1. The second-order valence-electron chi connectivity index (χ2n) is 8.47. The molecule has 0 bridgehead atoms. The Labute approximate surface area is 226 Å². The third-order valence-electron chi connectivity index (χ3n) is 5.47. The SMILES string of the molecule is COc1cc(/C=N/NC(=O)CN(Cc2ccc(Cl)c(Cl)c2)S(=O)(=O)c2c(C)cc(C)cc2C)ccc1O. The molecule has 0 radical (unpaired) electrons. The molecule has 11 heteroatoms. The Hall–Kier alpha value is -3.11. The molecule has 0 aliphatic rings. The van der Waals surface area contributed by atoms with Crippen LogP contribution in [0.15, 0.2) is 58.5 Å². The lowest BCUT2D eigenvalue weighted by atomic mass is 10.1. The topological polar surface area (TPSA) is 108 Å². The van der Waals surface area contributed by atoms with Crippen molar-refractivity contribution in [3.63, 3.8) is 0 Å². The van der Waals surface area contributed by atoms with Gasteiger partial charge in [-0.05, 0) is 73.4 Å². The van der Waals surface area contributed by atoms with Gasteiger partial charge in [0, 0.05) is 6.54 Å². The lowest BCUT2D eigenvalue weighted by Crippen LogP contribution is -2.39. The van der Waals surface area contributed by atoms with Gasteiger partial charge in [-0.15, -0.1) is 0 Å². The molecule has 196 valence electrons. The number of phenolic OH excluding ortho intramolecular Hbond substituents is 1. The van der Waals surface area contributed by atoms with E-state index in [0.717, 1.165) is 9.87 Å². The largest absolute Gasteiger partial charge is 0.504 e. The average molecular weight is 564 g/mol. The van der Waals surface area contributed by atoms with Crippen LogP contribution < -0.4 is 10.2 Å². The van der Waals surface area contributed by atoms with Crippen molar-refractivity contribution in [1.82, 2.24) is 9.73 Å². The molecule has 3 aromatic carbocycles. The highest BCUT2D eigenvalue weighted by Crippen LogP contribution is 2.28. The van der Waals surface area contributed by atoms with Crippen LogP contribution in [-0.2, 0) is 21.4 Å². The Morgan fingerprint density at radius 3 is 2.35 bits per heavy atom. The lowest BCUT2D eigenvalue weighted by Gasteiger charge is -2.24. The van der Waals surface area contributed by atoms with Crippen LogP contribution in [-0.4, -0.2) is 43.6 Å². The van der Waals surface area contributed by atoms with E-state index in [1.807, 2.05) is 6.92 Å². The molecule has 2 N–H and O–H groups in total. The first kappa shape index (κ1) is 28.5. The minimum atomic E-state index is -4.09. The quantitative estimate of drug-likeness (QED) is 0.282. The summed E-state index contributed by atoms with van der Waals surface area (Å²) in [5.74, 6) is -0.431. The molecule has 37 heavy (non-hydrogen) atoms. The van der Waals surface area contributed by atoms with Crippen LogP contribution >= 0.6 is 23.2 Å². The van der Waals surface area contributed by atoms with E-state index >= 15 is 0 Å². The van der Waals surface area contributed by atoms with Crippen molar-refractivity contribution >= 4 is 45.3 Å². The number of phenols is 1. The number of carbonyl (C=O) groups excluding carboxylic acids is 1. The zero-order valence-corrected chi connectivity index (χ0v) is 23.1. The van der Waals surface area contributed by atoms with Gasteiger partial charge >= 0.3 is 0 Å². The van der Waals surface area contributed by atoms with Crippen molar-refractivity contribution in [2.24, 2.45) is 5.10 Å².